The van der Waals surface area contributed by atoms with Gasteiger partial charge in [0.25, 0.3) is 0 Å². The Morgan fingerprint density at radius 2 is 2.22 bits per heavy atom. The number of nitrogens with one attached hydrogen (secondary N) is 2. The van der Waals surface area contributed by atoms with Crippen molar-refractivity contribution in [3.8, 4) is 0 Å². The van der Waals surface area contributed by atoms with E-state index in [-0.39, 0.29) is 11.9 Å². The number of piperidine rings is 1. The van der Waals surface area contributed by atoms with Gasteiger partial charge in [-0.15, -0.1) is 0 Å². The summed E-state index contributed by atoms with van der Waals surface area (Å²) in [4.78, 5) is 16.0. The first kappa shape index (κ1) is 18.0. The maximum Gasteiger partial charge on any atom is 0.319 e. The molecular formula is C14H21ClN4O3S. The number of sulfonamides is 1. The van der Waals surface area contributed by atoms with Gasteiger partial charge in [-0.05, 0) is 37.8 Å². The van der Waals surface area contributed by atoms with E-state index < -0.39 is 10.0 Å². The van der Waals surface area contributed by atoms with Crippen LogP contribution in [0.15, 0.2) is 12.1 Å². The van der Waals surface area contributed by atoms with Crippen LogP contribution in [0.3, 0.4) is 0 Å². The van der Waals surface area contributed by atoms with Gasteiger partial charge in [-0.3, -0.25) is 0 Å². The molecule has 7 nitrogen and oxygen atoms in total. The average molecular weight is 361 g/mol. The van der Waals surface area contributed by atoms with E-state index >= 15 is 0 Å². The first-order valence-electron chi connectivity index (χ1n) is 7.39. The summed E-state index contributed by atoms with van der Waals surface area (Å²) in [5.41, 5.74) is 1.22. The van der Waals surface area contributed by atoms with Gasteiger partial charge in [0, 0.05) is 19.6 Å². The Bertz CT molecular complexity index is 681. The summed E-state index contributed by atoms with van der Waals surface area (Å²) in [6, 6.07) is 2.96. The van der Waals surface area contributed by atoms with Crippen molar-refractivity contribution in [2.45, 2.75) is 19.8 Å². The summed E-state index contributed by atoms with van der Waals surface area (Å²) >= 11 is 5.77. The summed E-state index contributed by atoms with van der Waals surface area (Å²) in [6.45, 7) is 3.18. The maximum absolute atomic E-state index is 12.0. The Kier molecular flexibility index (Phi) is 5.83. The molecule has 2 N–H and O–H groups in total. The third-order valence-electron chi connectivity index (χ3n) is 3.80. The van der Waals surface area contributed by atoms with Gasteiger partial charge in [-0.1, -0.05) is 11.6 Å². The predicted octanol–water partition coefficient (Wildman–Crippen LogP) is 1.84. The number of halogens is 1. The zero-order chi connectivity index (χ0) is 17.0. The Labute approximate surface area is 141 Å². The number of rotatable bonds is 4. The standard InChI is InChI=1S/C14H21ClN4O3S/c1-10-12(5-6-13(15)17-10)18-14(20)16-8-11-4-3-7-19(9-11)23(2,21)22/h5-6,11H,3-4,7-9H2,1-2H3,(H2,16,18,20)/t11-/m0/s1. The summed E-state index contributed by atoms with van der Waals surface area (Å²) in [5, 5.41) is 5.87. The van der Waals surface area contributed by atoms with E-state index in [9.17, 15) is 13.2 Å². The molecule has 0 unspecified atom stereocenters. The number of aromatic nitrogens is 1. The number of carbonyl (C=O) groups is 1. The molecule has 2 amide bonds. The van der Waals surface area contributed by atoms with Crippen molar-refractivity contribution in [1.82, 2.24) is 14.6 Å². The topological polar surface area (TPSA) is 91.4 Å². The largest absolute Gasteiger partial charge is 0.338 e. The van der Waals surface area contributed by atoms with Crippen molar-refractivity contribution in [2.75, 3.05) is 31.2 Å². The number of aryl methyl sites for hydroxylation is 1. The van der Waals surface area contributed by atoms with Gasteiger partial charge in [0.1, 0.15) is 5.15 Å². The fraction of sp³-hybridized carbons (Fsp3) is 0.571. The molecule has 0 aliphatic carbocycles. The fourth-order valence-electron chi connectivity index (χ4n) is 2.56. The Hall–Kier alpha value is -1.38. The van der Waals surface area contributed by atoms with E-state index in [1.54, 1.807) is 19.1 Å². The minimum atomic E-state index is -3.17. The number of amides is 2. The first-order valence-corrected chi connectivity index (χ1v) is 9.61. The molecule has 0 radical (unpaired) electrons. The van der Waals surface area contributed by atoms with E-state index in [2.05, 4.69) is 15.6 Å². The highest BCUT2D eigenvalue weighted by Crippen LogP contribution is 2.18. The molecule has 2 heterocycles. The molecule has 1 saturated heterocycles. The molecule has 1 fully saturated rings. The molecule has 23 heavy (non-hydrogen) atoms. The minimum absolute atomic E-state index is 0.119. The van der Waals surface area contributed by atoms with Gasteiger partial charge in [-0.25, -0.2) is 22.5 Å². The third-order valence-corrected chi connectivity index (χ3v) is 5.28. The molecule has 0 aromatic carbocycles. The molecule has 1 aromatic rings. The molecule has 1 aromatic heterocycles. The number of carbonyl (C=O) groups excluding carboxylic acids is 1. The van der Waals surface area contributed by atoms with Crippen LogP contribution >= 0.6 is 11.6 Å². The lowest BCUT2D eigenvalue weighted by Gasteiger charge is -2.30. The number of pyridine rings is 1. The van der Waals surface area contributed by atoms with Crippen molar-refractivity contribution in [3.05, 3.63) is 23.0 Å². The second-order valence-electron chi connectivity index (χ2n) is 5.73. The van der Waals surface area contributed by atoms with Crippen LogP contribution in [-0.4, -0.2) is 49.6 Å². The first-order chi connectivity index (χ1) is 10.8. The highest BCUT2D eigenvalue weighted by molar-refractivity contribution is 7.88. The minimum Gasteiger partial charge on any atom is -0.338 e. The quantitative estimate of drug-likeness (QED) is 0.801. The highest BCUT2D eigenvalue weighted by atomic mass is 35.5. The number of urea groups is 1. The van der Waals surface area contributed by atoms with Gasteiger partial charge in [-0.2, -0.15) is 0 Å². The molecule has 1 atom stereocenters. The third kappa shape index (κ3) is 5.33. The maximum atomic E-state index is 12.0. The molecule has 2 rings (SSSR count). The number of nitrogens with zero attached hydrogens (tertiary/aromatic N) is 2. The summed E-state index contributed by atoms with van der Waals surface area (Å²) in [5.74, 6) is 0.119. The summed E-state index contributed by atoms with van der Waals surface area (Å²) in [7, 11) is -3.17. The van der Waals surface area contributed by atoms with Crippen LogP contribution in [0.1, 0.15) is 18.5 Å². The SMILES string of the molecule is Cc1nc(Cl)ccc1NC(=O)NC[C@@H]1CCCN(S(C)(=O)=O)C1. The molecule has 0 bridgehead atoms. The van der Waals surface area contributed by atoms with Crippen LogP contribution in [0.2, 0.25) is 5.15 Å². The molecule has 128 valence electrons. The molecule has 0 saturated carbocycles. The second kappa shape index (κ2) is 7.46. The van der Waals surface area contributed by atoms with Crippen molar-refractivity contribution in [3.63, 3.8) is 0 Å². The fourth-order valence-corrected chi connectivity index (χ4v) is 3.69. The van der Waals surface area contributed by atoms with E-state index in [1.165, 1.54) is 10.6 Å². The van der Waals surface area contributed by atoms with Crippen LogP contribution in [-0.2, 0) is 10.0 Å². The van der Waals surface area contributed by atoms with Crippen LogP contribution in [0.25, 0.3) is 0 Å². The van der Waals surface area contributed by atoms with Crippen LogP contribution < -0.4 is 10.6 Å². The van der Waals surface area contributed by atoms with Crippen molar-refractivity contribution in [1.29, 1.82) is 0 Å². The monoisotopic (exact) mass is 360 g/mol. The smallest absolute Gasteiger partial charge is 0.319 e. The van der Waals surface area contributed by atoms with Gasteiger partial charge in [0.15, 0.2) is 0 Å². The van der Waals surface area contributed by atoms with Crippen molar-refractivity contribution < 1.29 is 13.2 Å². The second-order valence-corrected chi connectivity index (χ2v) is 8.10. The summed E-state index contributed by atoms with van der Waals surface area (Å²) in [6.07, 6.45) is 2.92. The van der Waals surface area contributed by atoms with Crippen molar-refractivity contribution in [2.24, 2.45) is 5.92 Å². The van der Waals surface area contributed by atoms with Gasteiger partial charge >= 0.3 is 6.03 Å². The Morgan fingerprint density at radius 1 is 1.48 bits per heavy atom. The van der Waals surface area contributed by atoms with E-state index in [0.717, 1.165) is 12.8 Å². The lowest BCUT2D eigenvalue weighted by molar-refractivity contribution is 0.239. The number of anilines is 1. The lowest BCUT2D eigenvalue weighted by atomic mass is 10.00. The van der Waals surface area contributed by atoms with Gasteiger partial charge < -0.3 is 10.6 Å². The van der Waals surface area contributed by atoms with Crippen LogP contribution in [0.5, 0.6) is 0 Å². The lowest BCUT2D eigenvalue weighted by Crippen LogP contribution is -2.43. The molecular weight excluding hydrogens is 340 g/mol. The summed E-state index contributed by atoms with van der Waals surface area (Å²) < 4.78 is 24.6. The predicted molar refractivity (Wildman–Crippen MR) is 90.1 cm³/mol. The van der Waals surface area contributed by atoms with E-state index in [1.807, 2.05) is 0 Å². The van der Waals surface area contributed by atoms with Gasteiger partial charge in [0.05, 0.1) is 17.6 Å². The van der Waals surface area contributed by atoms with Gasteiger partial charge in [0.2, 0.25) is 10.0 Å². The number of hydrogen-bond donors (Lipinski definition) is 2. The average Bonchev–Trinajstić information content (AvgIpc) is 2.47. The van der Waals surface area contributed by atoms with E-state index in [0.29, 0.717) is 36.2 Å². The van der Waals surface area contributed by atoms with E-state index in [4.69, 9.17) is 11.6 Å². The normalized spacial score (nSPS) is 19.3. The zero-order valence-corrected chi connectivity index (χ0v) is 14.7. The van der Waals surface area contributed by atoms with Crippen LogP contribution in [0.4, 0.5) is 10.5 Å². The van der Waals surface area contributed by atoms with Crippen LogP contribution in [0, 0.1) is 12.8 Å². The Morgan fingerprint density at radius 3 is 2.87 bits per heavy atom. The molecule has 1 aliphatic heterocycles. The Balaban J connectivity index is 1.84. The molecule has 1 aliphatic rings. The molecule has 0 spiro atoms. The highest BCUT2D eigenvalue weighted by Gasteiger charge is 2.26. The zero-order valence-electron chi connectivity index (χ0n) is 13.2. The van der Waals surface area contributed by atoms with Crippen molar-refractivity contribution >= 4 is 33.3 Å². The number of hydrogen-bond acceptors (Lipinski definition) is 4. The molecule has 9 heteroatoms.